The predicted octanol–water partition coefficient (Wildman–Crippen LogP) is -0.235. The molecule has 0 saturated carbocycles. The van der Waals surface area contributed by atoms with Crippen LogP contribution >= 0.6 is 0 Å². The molecule has 0 bridgehead atoms. The zero-order valence-electron chi connectivity index (χ0n) is 11.4. The first-order chi connectivity index (χ1) is 9.99. The lowest BCUT2D eigenvalue weighted by Gasteiger charge is -2.20. The number of carbonyl (C=O) groups is 4. The van der Waals surface area contributed by atoms with E-state index in [9.17, 15) is 19.2 Å². The number of carbonyl (C=O) groups excluding carboxylic acids is 4. The first kappa shape index (κ1) is 13.3. The molecule has 1 aromatic rings. The lowest BCUT2D eigenvalue weighted by atomic mass is 10.1. The van der Waals surface area contributed by atoms with Gasteiger partial charge in [0.25, 0.3) is 11.8 Å². The second kappa shape index (κ2) is 4.69. The molecule has 21 heavy (non-hydrogen) atoms. The third-order valence-electron chi connectivity index (χ3n) is 3.69. The standard InChI is InChI=1S/C14H13N3O4/c1-16-13(20)9-3-2-8(6-10(9)14(16)21)17-5-4-11(18)15-7-12(17)19/h2-3,6H,4-5,7H2,1H3,(H,15,18). The van der Waals surface area contributed by atoms with E-state index in [4.69, 9.17) is 0 Å². The van der Waals surface area contributed by atoms with Crippen molar-refractivity contribution in [3.8, 4) is 0 Å². The van der Waals surface area contributed by atoms with Gasteiger partial charge in [0.1, 0.15) is 0 Å². The molecule has 7 nitrogen and oxygen atoms in total. The van der Waals surface area contributed by atoms with Crippen LogP contribution in [0.3, 0.4) is 0 Å². The summed E-state index contributed by atoms with van der Waals surface area (Å²) in [4.78, 5) is 49.7. The summed E-state index contributed by atoms with van der Waals surface area (Å²) in [6.07, 6.45) is 0.204. The molecule has 1 aromatic carbocycles. The van der Waals surface area contributed by atoms with Crippen LogP contribution in [0, 0.1) is 0 Å². The Labute approximate surface area is 120 Å². The van der Waals surface area contributed by atoms with Crippen molar-refractivity contribution in [1.82, 2.24) is 10.2 Å². The van der Waals surface area contributed by atoms with Crippen molar-refractivity contribution in [2.45, 2.75) is 6.42 Å². The fraction of sp³-hybridized carbons (Fsp3) is 0.286. The van der Waals surface area contributed by atoms with Gasteiger partial charge in [-0.3, -0.25) is 24.1 Å². The first-order valence-corrected chi connectivity index (χ1v) is 6.52. The number of hydrogen-bond acceptors (Lipinski definition) is 4. The molecule has 2 aliphatic rings. The topological polar surface area (TPSA) is 86.8 Å². The van der Waals surface area contributed by atoms with Gasteiger partial charge in [0.05, 0.1) is 17.7 Å². The van der Waals surface area contributed by atoms with Crippen LogP contribution < -0.4 is 10.2 Å². The summed E-state index contributed by atoms with van der Waals surface area (Å²) in [6.45, 7) is 0.185. The van der Waals surface area contributed by atoms with Crippen molar-refractivity contribution in [3.63, 3.8) is 0 Å². The summed E-state index contributed by atoms with van der Waals surface area (Å²) in [5.74, 6) is -1.15. The van der Waals surface area contributed by atoms with E-state index in [2.05, 4.69) is 5.32 Å². The molecular weight excluding hydrogens is 274 g/mol. The minimum atomic E-state index is -0.381. The SMILES string of the molecule is CN1C(=O)c2ccc(N3CCC(=O)NCC3=O)cc2C1=O. The van der Waals surface area contributed by atoms with E-state index in [1.54, 1.807) is 12.1 Å². The maximum absolute atomic E-state index is 12.0. The molecule has 0 aromatic heterocycles. The van der Waals surface area contributed by atoms with E-state index in [0.29, 0.717) is 11.3 Å². The highest BCUT2D eigenvalue weighted by molar-refractivity contribution is 6.21. The van der Waals surface area contributed by atoms with Gasteiger partial charge >= 0.3 is 0 Å². The fourth-order valence-electron chi connectivity index (χ4n) is 2.49. The Kier molecular flexibility index (Phi) is 2.97. The third kappa shape index (κ3) is 2.06. The van der Waals surface area contributed by atoms with Crippen LogP contribution in [0.4, 0.5) is 5.69 Å². The lowest BCUT2D eigenvalue weighted by Crippen LogP contribution is -2.35. The highest BCUT2D eigenvalue weighted by Crippen LogP contribution is 2.27. The Morgan fingerprint density at radius 3 is 2.52 bits per heavy atom. The summed E-state index contributed by atoms with van der Waals surface area (Å²) >= 11 is 0. The number of hydrogen-bond donors (Lipinski definition) is 1. The molecule has 3 rings (SSSR count). The van der Waals surface area contributed by atoms with Gasteiger partial charge < -0.3 is 10.2 Å². The van der Waals surface area contributed by atoms with Gasteiger partial charge in [0.2, 0.25) is 11.8 Å². The van der Waals surface area contributed by atoms with Crippen molar-refractivity contribution in [2.75, 3.05) is 25.0 Å². The van der Waals surface area contributed by atoms with E-state index >= 15 is 0 Å². The number of benzene rings is 1. The molecule has 0 spiro atoms. The normalized spacial score (nSPS) is 18.7. The number of amides is 4. The van der Waals surface area contributed by atoms with Gasteiger partial charge in [0, 0.05) is 25.7 Å². The molecule has 0 atom stereocenters. The van der Waals surface area contributed by atoms with Gasteiger partial charge in [-0.25, -0.2) is 0 Å². The maximum Gasteiger partial charge on any atom is 0.261 e. The van der Waals surface area contributed by atoms with Crippen molar-refractivity contribution in [2.24, 2.45) is 0 Å². The average molecular weight is 287 g/mol. The van der Waals surface area contributed by atoms with Crippen LogP contribution in [-0.2, 0) is 9.59 Å². The summed E-state index contributed by atoms with van der Waals surface area (Å²) in [5.41, 5.74) is 1.14. The number of nitrogens with one attached hydrogen (secondary N) is 1. The smallest absolute Gasteiger partial charge is 0.261 e. The molecule has 0 aliphatic carbocycles. The maximum atomic E-state index is 12.0. The van der Waals surface area contributed by atoms with Gasteiger partial charge in [-0.2, -0.15) is 0 Å². The molecule has 2 heterocycles. The monoisotopic (exact) mass is 287 g/mol. The fourth-order valence-corrected chi connectivity index (χ4v) is 2.49. The molecule has 1 N–H and O–H groups in total. The lowest BCUT2D eigenvalue weighted by molar-refractivity contribution is -0.123. The largest absolute Gasteiger partial charge is 0.347 e. The molecule has 108 valence electrons. The van der Waals surface area contributed by atoms with Gasteiger partial charge in [0.15, 0.2) is 0 Å². The molecule has 1 fully saturated rings. The molecule has 7 heteroatoms. The van der Waals surface area contributed by atoms with E-state index in [-0.39, 0.29) is 48.7 Å². The Balaban J connectivity index is 1.98. The van der Waals surface area contributed by atoms with E-state index in [1.165, 1.54) is 18.0 Å². The second-order valence-corrected chi connectivity index (χ2v) is 4.97. The molecule has 1 saturated heterocycles. The molecule has 2 aliphatic heterocycles. The Morgan fingerprint density at radius 1 is 1.05 bits per heavy atom. The number of nitrogens with zero attached hydrogens (tertiary/aromatic N) is 2. The zero-order chi connectivity index (χ0) is 15.1. The van der Waals surface area contributed by atoms with Crippen LogP contribution in [0.15, 0.2) is 18.2 Å². The van der Waals surface area contributed by atoms with Crippen LogP contribution in [0.5, 0.6) is 0 Å². The molecule has 0 radical (unpaired) electrons. The average Bonchev–Trinajstić information content (AvgIpc) is 2.62. The van der Waals surface area contributed by atoms with E-state index in [1.807, 2.05) is 0 Å². The summed E-state index contributed by atoms with van der Waals surface area (Å²) in [5, 5.41) is 2.51. The second-order valence-electron chi connectivity index (χ2n) is 4.97. The van der Waals surface area contributed by atoms with Crippen molar-refractivity contribution < 1.29 is 19.2 Å². The number of anilines is 1. The number of fused-ring (bicyclic) bond motifs is 1. The zero-order valence-corrected chi connectivity index (χ0v) is 11.4. The highest BCUT2D eigenvalue weighted by Gasteiger charge is 2.33. The van der Waals surface area contributed by atoms with Crippen LogP contribution in [0.25, 0.3) is 0 Å². The third-order valence-corrected chi connectivity index (χ3v) is 3.69. The minimum Gasteiger partial charge on any atom is -0.347 e. The Morgan fingerprint density at radius 2 is 1.76 bits per heavy atom. The number of imide groups is 1. The summed E-state index contributed by atoms with van der Waals surface area (Å²) in [6, 6.07) is 4.70. The van der Waals surface area contributed by atoms with Gasteiger partial charge in [-0.1, -0.05) is 0 Å². The summed E-state index contributed by atoms with van der Waals surface area (Å²) < 4.78 is 0. The van der Waals surface area contributed by atoms with Gasteiger partial charge in [-0.15, -0.1) is 0 Å². The highest BCUT2D eigenvalue weighted by atomic mass is 16.2. The van der Waals surface area contributed by atoms with Crippen LogP contribution in [0.1, 0.15) is 27.1 Å². The van der Waals surface area contributed by atoms with Crippen LogP contribution in [-0.4, -0.2) is 48.7 Å². The Hall–Kier alpha value is -2.70. The first-order valence-electron chi connectivity index (χ1n) is 6.52. The number of rotatable bonds is 1. The van der Waals surface area contributed by atoms with E-state index < -0.39 is 0 Å². The minimum absolute atomic E-state index is 0.0668. The van der Waals surface area contributed by atoms with E-state index in [0.717, 1.165) is 4.90 Å². The predicted molar refractivity (Wildman–Crippen MR) is 72.8 cm³/mol. The van der Waals surface area contributed by atoms with Crippen molar-refractivity contribution in [3.05, 3.63) is 29.3 Å². The van der Waals surface area contributed by atoms with Crippen molar-refractivity contribution >= 4 is 29.3 Å². The quantitative estimate of drug-likeness (QED) is 0.723. The van der Waals surface area contributed by atoms with Crippen molar-refractivity contribution in [1.29, 1.82) is 0 Å². The van der Waals surface area contributed by atoms with Crippen LogP contribution in [0.2, 0.25) is 0 Å². The molecular formula is C14H13N3O4. The summed E-state index contributed by atoms with van der Waals surface area (Å²) in [7, 11) is 1.42. The molecule has 4 amide bonds. The molecule has 0 unspecified atom stereocenters. The Bertz CT molecular complexity index is 683. The van der Waals surface area contributed by atoms with Gasteiger partial charge in [-0.05, 0) is 18.2 Å².